The molecule has 0 saturated heterocycles. The zero-order chi connectivity index (χ0) is 22.4. The number of carbonyl (C=O) groups excluding carboxylic acids is 2. The molecular formula is C21H25N7O3. The molecule has 0 aliphatic carbocycles. The third-order valence-electron chi connectivity index (χ3n) is 4.19. The van der Waals surface area contributed by atoms with Crippen LogP contribution in [-0.2, 0) is 23.1 Å². The van der Waals surface area contributed by atoms with Gasteiger partial charge in [-0.1, -0.05) is 36.4 Å². The van der Waals surface area contributed by atoms with Crippen LogP contribution in [0.2, 0.25) is 0 Å². The number of amides is 2. The number of rotatable bonds is 6. The number of hydrogen-bond donors (Lipinski definition) is 2. The zero-order valence-electron chi connectivity index (χ0n) is 17.9. The lowest BCUT2D eigenvalue weighted by Gasteiger charge is -2.19. The minimum Gasteiger partial charge on any atom is -0.444 e. The van der Waals surface area contributed by atoms with E-state index in [0.29, 0.717) is 17.3 Å². The Kier molecular flexibility index (Phi) is 6.58. The van der Waals surface area contributed by atoms with Crippen LogP contribution < -0.4 is 10.6 Å². The van der Waals surface area contributed by atoms with E-state index in [1.807, 2.05) is 30.3 Å². The topological polar surface area (TPSA) is 124 Å². The van der Waals surface area contributed by atoms with Gasteiger partial charge in [-0.05, 0) is 48.9 Å². The first-order valence-electron chi connectivity index (χ1n) is 9.74. The number of aryl methyl sites for hydroxylation is 1. The van der Waals surface area contributed by atoms with Gasteiger partial charge < -0.3 is 10.1 Å². The van der Waals surface area contributed by atoms with Crippen molar-refractivity contribution in [1.29, 1.82) is 0 Å². The molecule has 10 nitrogen and oxygen atoms in total. The highest BCUT2D eigenvalue weighted by molar-refractivity contribution is 5.86. The maximum atomic E-state index is 13.0. The van der Waals surface area contributed by atoms with Crippen molar-refractivity contribution in [3.8, 4) is 0 Å². The largest absolute Gasteiger partial charge is 0.444 e. The van der Waals surface area contributed by atoms with Crippen LogP contribution in [0.5, 0.6) is 0 Å². The third-order valence-corrected chi connectivity index (χ3v) is 4.19. The number of anilines is 1. The number of nitrogens with one attached hydrogen (secondary N) is 2. The molecule has 0 saturated carbocycles. The molecule has 2 aromatic heterocycles. The highest BCUT2D eigenvalue weighted by Crippen LogP contribution is 2.22. The second-order valence-electron chi connectivity index (χ2n) is 7.86. The Bertz CT molecular complexity index is 1040. The highest BCUT2D eigenvalue weighted by atomic mass is 16.6. The number of pyridine rings is 1. The van der Waals surface area contributed by atoms with Crippen molar-refractivity contribution in [2.75, 3.05) is 5.32 Å². The van der Waals surface area contributed by atoms with Crippen molar-refractivity contribution in [2.45, 2.75) is 38.8 Å². The molecule has 3 rings (SSSR count). The van der Waals surface area contributed by atoms with Gasteiger partial charge in [0.05, 0.1) is 12.2 Å². The van der Waals surface area contributed by atoms with E-state index in [-0.39, 0.29) is 12.5 Å². The average molecular weight is 423 g/mol. The third kappa shape index (κ3) is 6.08. The summed E-state index contributed by atoms with van der Waals surface area (Å²) < 4.78 is 6.70. The number of benzene rings is 1. The number of ether oxygens (including phenoxy) is 1. The van der Waals surface area contributed by atoms with Gasteiger partial charge in [-0.3, -0.25) is 10.1 Å². The van der Waals surface area contributed by atoms with Crippen molar-refractivity contribution in [3.63, 3.8) is 0 Å². The van der Waals surface area contributed by atoms with E-state index in [0.717, 1.165) is 5.56 Å². The summed E-state index contributed by atoms with van der Waals surface area (Å²) in [7, 11) is 1.69. The summed E-state index contributed by atoms with van der Waals surface area (Å²) in [4.78, 5) is 29.4. The molecule has 2 amide bonds. The van der Waals surface area contributed by atoms with E-state index >= 15 is 0 Å². The first-order valence-corrected chi connectivity index (χ1v) is 9.74. The maximum Gasteiger partial charge on any atom is 0.413 e. The summed E-state index contributed by atoms with van der Waals surface area (Å²) in [6, 6.07) is 14.4. The molecule has 162 valence electrons. The summed E-state index contributed by atoms with van der Waals surface area (Å²) >= 11 is 0. The lowest BCUT2D eigenvalue weighted by Crippen LogP contribution is -2.31. The van der Waals surface area contributed by atoms with Gasteiger partial charge in [-0.25, -0.2) is 14.5 Å². The molecule has 1 unspecified atom stereocenters. The molecule has 0 bridgehead atoms. The molecule has 2 heterocycles. The van der Waals surface area contributed by atoms with Gasteiger partial charge in [-0.2, -0.15) is 0 Å². The number of nitrogens with zero attached hydrogens (tertiary/aromatic N) is 5. The minimum absolute atomic E-state index is 0.164. The Balaban J connectivity index is 1.70. The summed E-state index contributed by atoms with van der Waals surface area (Å²) in [5.41, 5.74) is 0.729. The van der Waals surface area contributed by atoms with Gasteiger partial charge in [0, 0.05) is 7.05 Å². The van der Waals surface area contributed by atoms with Crippen molar-refractivity contribution in [2.24, 2.45) is 7.05 Å². The van der Waals surface area contributed by atoms with Gasteiger partial charge in [0.1, 0.15) is 17.3 Å². The molecule has 0 aliphatic heterocycles. The predicted molar refractivity (Wildman–Crippen MR) is 113 cm³/mol. The molecule has 3 aromatic rings. The van der Waals surface area contributed by atoms with E-state index in [9.17, 15) is 9.59 Å². The van der Waals surface area contributed by atoms with Gasteiger partial charge in [0.15, 0.2) is 5.82 Å². The average Bonchev–Trinajstić information content (AvgIpc) is 3.12. The summed E-state index contributed by atoms with van der Waals surface area (Å²) in [6.45, 7) is 5.50. The lowest BCUT2D eigenvalue weighted by molar-refractivity contribution is -0.122. The Morgan fingerprint density at radius 1 is 1.10 bits per heavy atom. The van der Waals surface area contributed by atoms with Crippen LogP contribution in [0.25, 0.3) is 0 Å². The Morgan fingerprint density at radius 3 is 2.48 bits per heavy atom. The van der Waals surface area contributed by atoms with Crippen molar-refractivity contribution < 1.29 is 14.3 Å². The van der Waals surface area contributed by atoms with E-state index in [1.165, 1.54) is 4.68 Å². The molecule has 0 radical (unpaired) electrons. The van der Waals surface area contributed by atoms with Gasteiger partial charge in [-0.15, -0.1) is 5.10 Å². The fourth-order valence-electron chi connectivity index (χ4n) is 2.88. The number of carbonyl (C=O) groups is 2. The van der Waals surface area contributed by atoms with Crippen LogP contribution in [-0.4, -0.2) is 42.8 Å². The fourth-order valence-corrected chi connectivity index (χ4v) is 2.88. The van der Waals surface area contributed by atoms with E-state index < -0.39 is 17.6 Å². The van der Waals surface area contributed by atoms with E-state index in [4.69, 9.17) is 4.74 Å². The van der Waals surface area contributed by atoms with Crippen LogP contribution in [0.3, 0.4) is 0 Å². The monoisotopic (exact) mass is 423 g/mol. The molecule has 0 aliphatic rings. The first kappa shape index (κ1) is 21.9. The lowest BCUT2D eigenvalue weighted by atomic mass is 9.97. The second-order valence-corrected chi connectivity index (χ2v) is 7.86. The quantitative estimate of drug-likeness (QED) is 0.624. The molecular weight excluding hydrogens is 398 g/mol. The van der Waals surface area contributed by atoms with Crippen LogP contribution in [0.4, 0.5) is 10.6 Å². The Labute approximate surface area is 180 Å². The molecule has 0 fully saturated rings. The highest BCUT2D eigenvalue weighted by Gasteiger charge is 2.27. The number of aromatic nitrogens is 5. The number of tetrazole rings is 1. The van der Waals surface area contributed by atoms with Gasteiger partial charge in [0.2, 0.25) is 5.91 Å². The molecule has 1 aromatic carbocycles. The van der Waals surface area contributed by atoms with Gasteiger partial charge in [0.25, 0.3) is 0 Å². The normalized spacial score (nSPS) is 12.1. The molecule has 10 heteroatoms. The molecule has 1 atom stereocenters. The van der Waals surface area contributed by atoms with Crippen LogP contribution in [0.15, 0.2) is 48.5 Å². The maximum absolute atomic E-state index is 13.0. The molecule has 0 spiro atoms. The predicted octanol–water partition coefficient (Wildman–Crippen LogP) is 2.40. The minimum atomic E-state index is -0.677. The fraction of sp³-hybridized carbons (Fsp3) is 0.333. The SMILES string of the molecule is Cn1nnnc1C(C(=O)NCc1cccc(NC(=O)OC(C)(C)C)n1)c1ccccc1. The number of hydrogen-bond acceptors (Lipinski definition) is 7. The summed E-state index contributed by atoms with van der Waals surface area (Å²) in [5, 5.41) is 17.0. The van der Waals surface area contributed by atoms with Crippen molar-refractivity contribution >= 4 is 17.8 Å². The summed E-state index contributed by atoms with van der Waals surface area (Å²) in [6.07, 6.45) is -0.597. The summed E-state index contributed by atoms with van der Waals surface area (Å²) in [5.74, 6) is -0.184. The zero-order valence-corrected chi connectivity index (χ0v) is 17.9. The first-order chi connectivity index (χ1) is 14.7. The van der Waals surface area contributed by atoms with Gasteiger partial charge >= 0.3 is 6.09 Å². The Hall–Kier alpha value is -3.82. The van der Waals surface area contributed by atoms with Crippen LogP contribution in [0.1, 0.15) is 43.8 Å². The van der Waals surface area contributed by atoms with Crippen molar-refractivity contribution in [3.05, 3.63) is 65.6 Å². The van der Waals surface area contributed by atoms with E-state index in [1.54, 1.807) is 46.0 Å². The second kappa shape index (κ2) is 9.33. The molecule has 31 heavy (non-hydrogen) atoms. The molecule has 2 N–H and O–H groups in total. The van der Waals surface area contributed by atoms with Crippen LogP contribution in [0, 0.1) is 0 Å². The standard InChI is InChI=1S/C21H25N7O3/c1-21(2,3)31-20(30)24-16-12-8-11-15(23-16)13-22-19(29)17(14-9-6-5-7-10-14)18-25-26-27-28(18)4/h5-12,17H,13H2,1-4H3,(H,22,29)(H,23,24,30). The van der Waals surface area contributed by atoms with Crippen molar-refractivity contribution in [1.82, 2.24) is 30.5 Å². The van der Waals surface area contributed by atoms with Crippen LogP contribution >= 0.6 is 0 Å². The smallest absolute Gasteiger partial charge is 0.413 e. The Morgan fingerprint density at radius 2 is 1.84 bits per heavy atom. The van der Waals surface area contributed by atoms with E-state index in [2.05, 4.69) is 31.1 Å².